The second-order valence-electron chi connectivity index (χ2n) is 5.28. The molecule has 122 valence electrons. The fraction of sp³-hybridized carbons (Fsp3) is 0.294. The maximum atomic E-state index is 14.1. The number of rotatable bonds is 4. The third-order valence-corrected chi connectivity index (χ3v) is 4.13. The molecule has 1 N–H and O–H groups in total. The number of benzene rings is 2. The van der Waals surface area contributed by atoms with Crippen molar-refractivity contribution in [3.05, 3.63) is 63.9 Å². The molecular formula is C17H16Cl2FNO2. The van der Waals surface area contributed by atoms with Gasteiger partial charge in [-0.2, -0.15) is 0 Å². The molecule has 1 aliphatic heterocycles. The highest BCUT2D eigenvalue weighted by Crippen LogP contribution is 2.30. The molecule has 2 aromatic rings. The summed E-state index contributed by atoms with van der Waals surface area (Å²) in [6.07, 6.45) is -0.671. The Morgan fingerprint density at radius 3 is 2.52 bits per heavy atom. The van der Waals surface area contributed by atoms with Crippen molar-refractivity contribution >= 4 is 23.2 Å². The normalized spacial score (nSPS) is 19.3. The van der Waals surface area contributed by atoms with Gasteiger partial charge in [0.2, 0.25) is 0 Å². The molecule has 6 heteroatoms. The number of nitrogens with one attached hydrogen (secondary N) is 1. The Balaban J connectivity index is 1.89. The van der Waals surface area contributed by atoms with Crippen LogP contribution in [0.2, 0.25) is 10.0 Å². The summed E-state index contributed by atoms with van der Waals surface area (Å²) in [5, 5.41) is 4.22. The van der Waals surface area contributed by atoms with Gasteiger partial charge in [0.15, 0.2) is 17.7 Å². The Morgan fingerprint density at radius 1 is 1.13 bits per heavy atom. The first-order valence-corrected chi connectivity index (χ1v) is 8.08. The first-order chi connectivity index (χ1) is 11.1. The van der Waals surface area contributed by atoms with Crippen molar-refractivity contribution in [3.8, 4) is 5.75 Å². The van der Waals surface area contributed by atoms with E-state index in [1.54, 1.807) is 18.2 Å². The van der Waals surface area contributed by atoms with Crippen LogP contribution in [0.4, 0.5) is 4.39 Å². The summed E-state index contributed by atoms with van der Waals surface area (Å²) < 4.78 is 25.8. The highest BCUT2D eigenvalue weighted by Gasteiger charge is 2.28. The van der Waals surface area contributed by atoms with Gasteiger partial charge < -0.3 is 14.8 Å². The molecule has 0 aromatic heterocycles. The minimum Gasteiger partial charge on any atom is -0.480 e. The Bertz CT molecular complexity index is 660. The summed E-state index contributed by atoms with van der Waals surface area (Å²) in [4.78, 5) is 0. The van der Waals surface area contributed by atoms with Gasteiger partial charge in [0.1, 0.15) is 6.10 Å². The molecule has 1 aliphatic rings. The van der Waals surface area contributed by atoms with Gasteiger partial charge in [0, 0.05) is 23.1 Å². The van der Waals surface area contributed by atoms with Crippen LogP contribution in [0.3, 0.4) is 0 Å². The molecule has 0 bridgehead atoms. The first-order valence-electron chi connectivity index (χ1n) is 7.33. The number of ether oxygens (including phenoxy) is 2. The van der Waals surface area contributed by atoms with Gasteiger partial charge in [0.25, 0.3) is 0 Å². The molecule has 23 heavy (non-hydrogen) atoms. The molecule has 3 rings (SSSR count). The van der Waals surface area contributed by atoms with E-state index in [4.69, 9.17) is 32.7 Å². The lowest BCUT2D eigenvalue weighted by Crippen LogP contribution is -2.43. The fourth-order valence-electron chi connectivity index (χ4n) is 2.50. The molecule has 0 aliphatic carbocycles. The van der Waals surface area contributed by atoms with E-state index in [0.717, 1.165) is 12.1 Å². The van der Waals surface area contributed by atoms with Gasteiger partial charge in [-0.1, -0.05) is 35.3 Å². The molecule has 1 heterocycles. The average Bonchev–Trinajstić information content (AvgIpc) is 2.56. The Morgan fingerprint density at radius 2 is 1.87 bits per heavy atom. The minimum atomic E-state index is -0.500. The van der Waals surface area contributed by atoms with Crippen LogP contribution in [0, 0.1) is 5.82 Å². The van der Waals surface area contributed by atoms with Crippen molar-refractivity contribution < 1.29 is 13.9 Å². The predicted octanol–water partition coefficient (Wildman–Crippen LogP) is 4.24. The lowest BCUT2D eigenvalue weighted by molar-refractivity contribution is -0.0442. The van der Waals surface area contributed by atoms with Crippen LogP contribution >= 0.6 is 23.2 Å². The van der Waals surface area contributed by atoms with Gasteiger partial charge in [0.05, 0.1) is 6.61 Å². The second-order valence-corrected chi connectivity index (χ2v) is 6.15. The van der Waals surface area contributed by atoms with Crippen molar-refractivity contribution in [1.82, 2.24) is 5.32 Å². The number of halogens is 3. The number of morpholine rings is 1. The van der Waals surface area contributed by atoms with Crippen LogP contribution in [-0.4, -0.2) is 25.8 Å². The predicted molar refractivity (Wildman–Crippen MR) is 88.8 cm³/mol. The summed E-state index contributed by atoms with van der Waals surface area (Å²) >= 11 is 11.7. The van der Waals surface area contributed by atoms with E-state index < -0.39 is 11.9 Å². The van der Waals surface area contributed by atoms with Crippen molar-refractivity contribution in [1.29, 1.82) is 0 Å². The Kier molecular flexibility index (Phi) is 5.38. The molecule has 0 amide bonds. The van der Waals surface area contributed by atoms with E-state index in [1.165, 1.54) is 12.1 Å². The van der Waals surface area contributed by atoms with Gasteiger partial charge in [-0.25, -0.2) is 4.39 Å². The second kappa shape index (κ2) is 7.49. The van der Waals surface area contributed by atoms with E-state index in [-0.39, 0.29) is 11.9 Å². The standard InChI is InChI=1S/C17H16Cl2FNO2/c18-12-3-1-11(2-4-12)17(16-10-21-7-8-22-16)23-15-6-5-13(19)9-14(15)20/h1-6,9,16-17,21H,7-8,10H2/t16-,17?/m0/s1. The number of hydrogen-bond donors (Lipinski definition) is 1. The molecule has 0 saturated carbocycles. The number of hydrogen-bond acceptors (Lipinski definition) is 3. The van der Waals surface area contributed by atoms with E-state index in [0.29, 0.717) is 23.2 Å². The Labute approximate surface area is 144 Å². The maximum absolute atomic E-state index is 14.1. The van der Waals surface area contributed by atoms with Crippen LogP contribution < -0.4 is 10.1 Å². The highest BCUT2D eigenvalue weighted by molar-refractivity contribution is 6.30. The van der Waals surface area contributed by atoms with E-state index >= 15 is 0 Å². The van der Waals surface area contributed by atoms with Crippen molar-refractivity contribution in [2.75, 3.05) is 19.7 Å². The molecule has 2 atom stereocenters. The monoisotopic (exact) mass is 355 g/mol. The van der Waals surface area contributed by atoms with Crippen LogP contribution in [0.5, 0.6) is 5.75 Å². The summed E-state index contributed by atoms with van der Waals surface area (Å²) in [5.41, 5.74) is 0.873. The van der Waals surface area contributed by atoms with E-state index in [9.17, 15) is 4.39 Å². The highest BCUT2D eigenvalue weighted by atomic mass is 35.5. The minimum absolute atomic E-state index is 0.142. The van der Waals surface area contributed by atoms with Crippen LogP contribution in [0.15, 0.2) is 42.5 Å². The van der Waals surface area contributed by atoms with Crippen LogP contribution in [0.25, 0.3) is 0 Å². The van der Waals surface area contributed by atoms with Crippen molar-refractivity contribution in [2.45, 2.75) is 12.2 Å². The average molecular weight is 356 g/mol. The van der Waals surface area contributed by atoms with Crippen LogP contribution in [-0.2, 0) is 4.74 Å². The van der Waals surface area contributed by atoms with Crippen molar-refractivity contribution in [2.24, 2.45) is 0 Å². The molecule has 1 fully saturated rings. The quantitative estimate of drug-likeness (QED) is 0.889. The maximum Gasteiger partial charge on any atom is 0.166 e. The lowest BCUT2D eigenvalue weighted by Gasteiger charge is -2.31. The Hall–Kier alpha value is -1.33. The summed E-state index contributed by atoms with van der Waals surface area (Å²) in [7, 11) is 0. The molecule has 1 saturated heterocycles. The third kappa shape index (κ3) is 4.15. The summed E-state index contributed by atoms with van der Waals surface area (Å²) in [6, 6.07) is 11.6. The topological polar surface area (TPSA) is 30.5 Å². The third-order valence-electron chi connectivity index (χ3n) is 3.64. The zero-order valence-electron chi connectivity index (χ0n) is 12.3. The molecule has 2 aromatic carbocycles. The molecular weight excluding hydrogens is 340 g/mol. The van der Waals surface area contributed by atoms with Gasteiger partial charge >= 0.3 is 0 Å². The van der Waals surface area contributed by atoms with E-state index in [1.807, 2.05) is 12.1 Å². The van der Waals surface area contributed by atoms with Crippen molar-refractivity contribution in [3.63, 3.8) is 0 Å². The zero-order chi connectivity index (χ0) is 16.2. The zero-order valence-corrected chi connectivity index (χ0v) is 13.8. The SMILES string of the molecule is Fc1cc(Cl)ccc1OC(c1ccc(Cl)cc1)[C@@H]1CNCCO1. The van der Waals surface area contributed by atoms with Gasteiger partial charge in [-0.3, -0.25) is 0 Å². The molecule has 0 radical (unpaired) electrons. The van der Waals surface area contributed by atoms with Crippen LogP contribution in [0.1, 0.15) is 11.7 Å². The molecule has 1 unspecified atom stereocenters. The fourth-order valence-corrected chi connectivity index (χ4v) is 2.78. The lowest BCUT2D eigenvalue weighted by atomic mass is 10.0. The largest absolute Gasteiger partial charge is 0.480 e. The summed E-state index contributed by atoms with van der Waals surface area (Å²) in [6.45, 7) is 2.00. The first kappa shape index (κ1) is 16.5. The summed E-state index contributed by atoms with van der Waals surface area (Å²) in [5.74, 6) is -0.358. The van der Waals surface area contributed by atoms with Gasteiger partial charge in [-0.15, -0.1) is 0 Å². The smallest absolute Gasteiger partial charge is 0.166 e. The van der Waals surface area contributed by atoms with E-state index in [2.05, 4.69) is 5.32 Å². The molecule has 3 nitrogen and oxygen atoms in total. The van der Waals surface area contributed by atoms with Gasteiger partial charge in [-0.05, 0) is 35.9 Å². The molecule has 0 spiro atoms.